The summed E-state index contributed by atoms with van der Waals surface area (Å²) in [6.07, 6.45) is 1.25. The molecular weight excluding hydrogens is 343 g/mol. The molecule has 0 saturated heterocycles. The Morgan fingerprint density at radius 1 is 1.14 bits per heavy atom. The molecule has 2 bridgehead atoms. The van der Waals surface area contributed by atoms with E-state index in [9.17, 15) is 0 Å². The second-order valence-corrected chi connectivity index (χ2v) is 20.6. The van der Waals surface area contributed by atoms with Gasteiger partial charge in [-0.3, -0.25) is 0 Å². The summed E-state index contributed by atoms with van der Waals surface area (Å²) in [5, 5.41) is 0. The van der Waals surface area contributed by atoms with Crippen molar-refractivity contribution in [3.8, 4) is 0 Å². The maximum atomic E-state index is 4.20. The minimum absolute atomic E-state index is 0.582. The monoisotopic (exact) mass is 360 g/mol. The zero-order chi connectivity index (χ0) is 10.7. The summed E-state index contributed by atoms with van der Waals surface area (Å²) < 4.78 is 3.23. The molecule has 76 valence electrons. The molecule has 2 heteroatoms. The molecule has 0 spiro atoms. The van der Waals surface area contributed by atoms with Crippen molar-refractivity contribution in [2.45, 2.75) is 21.2 Å². The van der Waals surface area contributed by atoms with Crippen molar-refractivity contribution in [2.75, 3.05) is 0 Å². The van der Waals surface area contributed by atoms with Gasteiger partial charge in [-0.25, -0.2) is 0 Å². The third kappa shape index (κ3) is 1.39. The predicted molar refractivity (Wildman–Crippen MR) is 69.2 cm³/mol. The van der Waals surface area contributed by atoms with Gasteiger partial charge in [-0.15, -0.1) is 0 Å². The van der Waals surface area contributed by atoms with E-state index >= 15 is 0 Å². The molecule has 1 fully saturated rings. The van der Waals surface area contributed by atoms with Gasteiger partial charge >= 0.3 is 99.8 Å². The van der Waals surface area contributed by atoms with Crippen molar-refractivity contribution in [1.82, 2.24) is 0 Å². The van der Waals surface area contributed by atoms with Crippen LogP contribution in [0.1, 0.15) is 6.42 Å². The first-order valence-electron chi connectivity index (χ1n) is 5.12. The quantitative estimate of drug-likeness (QED) is 0.613. The fraction of sp³-hybridized carbons (Fsp3) is 0.500. The third-order valence-electron chi connectivity index (χ3n) is 3.44. The summed E-state index contributed by atoms with van der Waals surface area (Å²) in [5.41, 5.74) is 2.60. The molecule has 0 aliphatic heterocycles. The first-order chi connectivity index (χ1) is 6.34. The van der Waals surface area contributed by atoms with Crippen LogP contribution in [0, 0.1) is 11.8 Å². The summed E-state index contributed by atoms with van der Waals surface area (Å²) in [7, 11) is 0. The zero-order valence-electron chi connectivity index (χ0n) is 9.15. The van der Waals surface area contributed by atoms with Gasteiger partial charge in [-0.1, -0.05) is 0 Å². The Hall–Kier alpha value is 0.499. The zero-order valence-corrected chi connectivity index (χ0v) is 13.6. The molecule has 0 heterocycles. The molecule has 0 aromatic rings. The van der Waals surface area contributed by atoms with Crippen LogP contribution in [0.3, 0.4) is 0 Å². The average molecular weight is 360 g/mol. The Kier molecular flexibility index (Phi) is 2.55. The van der Waals surface area contributed by atoms with Crippen LogP contribution >= 0.6 is 15.9 Å². The Morgan fingerprint density at radius 2 is 1.64 bits per heavy atom. The number of hydrogen-bond donors (Lipinski definition) is 0. The topological polar surface area (TPSA) is 0 Å². The normalized spacial score (nSPS) is 32.0. The van der Waals surface area contributed by atoms with Crippen LogP contribution in [0.2, 0.25) is 14.8 Å². The summed E-state index contributed by atoms with van der Waals surface area (Å²) in [4.78, 5) is 7.46. The van der Waals surface area contributed by atoms with Crippen molar-refractivity contribution < 1.29 is 0 Å². The van der Waals surface area contributed by atoms with Crippen molar-refractivity contribution in [3.63, 3.8) is 0 Å². The van der Waals surface area contributed by atoms with Crippen LogP contribution in [0.4, 0.5) is 0 Å². The van der Waals surface area contributed by atoms with Crippen LogP contribution in [0.25, 0.3) is 0 Å². The summed E-state index contributed by atoms with van der Waals surface area (Å²) in [6, 6.07) is 0. The van der Waals surface area contributed by atoms with E-state index < -0.39 is 18.4 Å². The molecule has 2 aliphatic carbocycles. The number of halogens is 1. The van der Waals surface area contributed by atoms with E-state index in [1.54, 1.807) is 3.59 Å². The Bertz CT molecular complexity index is 357. The van der Waals surface area contributed by atoms with E-state index in [4.69, 9.17) is 0 Å². The van der Waals surface area contributed by atoms with Gasteiger partial charge < -0.3 is 0 Å². The van der Waals surface area contributed by atoms with Gasteiger partial charge in [-0.2, -0.15) is 0 Å². The molecule has 0 radical (unpaired) electrons. The Labute approximate surface area is 99.2 Å². The van der Waals surface area contributed by atoms with Gasteiger partial charge in [0.2, 0.25) is 0 Å². The number of allylic oxidation sites excluding steroid dienone is 4. The van der Waals surface area contributed by atoms with Gasteiger partial charge in [-0.05, 0) is 0 Å². The Morgan fingerprint density at radius 3 is 2.07 bits per heavy atom. The summed E-state index contributed by atoms with van der Waals surface area (Å²) >= 11 is 1.88. The number of rotatable bonds is 1. The van der Waals surface area contributed by atoms with Crippen molar-refractivity contribution >= 4 is 34.3 Å². The van der Waals surface area contributed by atoms with E-state index in [1.807, 2.05) is 0 Å². The fourth-order valence-electron chi connectivity index (χ4n) is 2.75. The first kappa shape index (κ1) is 11.0. The standard InChI is InChI=1S/C9H8Br.3CH3.Sn/c1-5-6(2)8-3-7(5)4-9(8)10;;;;/h7-8H,1-3H2;3*1H3;/t7-,8-;;;;/m0..../s1. The van der Waals surface area contributed by atoms with Crippen molar-refractivity contribution in [2.24, 2.45) is 11.8 Å². The van der Waals surface area contributed by atoms with Gasteiger partial charge in [0.25, 0.3) is 0 Å². The third-order valence-corrected chi connectivity index (χ3v) is 11.8. The second-order valence-electron chi connectivity index (χ2n) is 5.40. The van der Waals surface area contributed by atoms with Gasteiger partial charge in [0.1, 0.15) is 0 Å². The van der Waals surface area contributed by atoms with Crippen molar-refractivity contribution in [3.05, 3.63) is 32.4 Å². The summed E-state index contributed by atoms with van der Waals surface area (Å²) in [5.74, 6) is 1.23. The predicted octanol–water partition coefficient (Wildman–Crippen LogP) is 4.27. The average Bonchev–Trinajstić information content (AvgIpc) is 2.49. The van der Waals surface area contributed by atoms with Crippen molar-refractivity contribution in [1.29, 1.82) is 0 Å². The molecule has 0 nitrogen and oxygen atoms in total. The van der Waals surface area contributed by atoms with Gasteiger partial charge in [0.05, 0.1) is 0 Å². The van der Waals surface area contributed by atoms with E-state index in [-0.39, 0.29) is 0 Å². The van der Waals surface area contributed by atoms with Gasteiger partial charge in [0.15, 0.2) is 0 Å². The van der Waals surface area contributed by atoms with Gasteiger partial charge in [0, 0.05) is 0 Å². The Balaban J connectivity index is 2.51. The van der Waals surface area contributed by atoms with Crippen LogP contribution < -0.4 is 0 Å². The molecule has 0 unspecified atom stereocenters. The molecule has 2 atom stereocenters. The first-order valence-corrected chi connectivity index (χ1v) is 15.9. The van der Waals surface area contributed by atoms with E-state index in [0.717, 1.165) is 0 Å². The van der Waals surface area contributed by atoms with E-state index in [1.165, 1.54) is 22.0 Å². The second kappa shape index (κ2) is 3.24. The fourth-order valence-corrected chi connectivity index (χ4v) is 13.8. The van der Waals surface area contributed by atoms with Crippen LogP contribution in [0.15, 0.2) is 32.4 Å². The molecule has 0 aromatic heterocycles. The SMILES string of the molecule is C=C1C(=C)[C@@H]2C[C@H]1[C]([Sn]([CH3])([CH3])[CH3])=C2Br. The molecule has 2 aliphatic rings. The minimum atomic E-state index is -1.92. The van der Waals surface area contributed by atoms with Crippen LogP contribution in [-0.4, -0.2) is 18.4 Å². The summed E-state index contributed by atoms with van der Waals surface area (Å²) in [6.45, 7) is 8.34. The molecular formula is C12H17BrSn. The van der Waals surface area contributed by atoms with E-state index in [2.05, 4.69) is 43.9 Å². The molecule has 0 aromatic carbocycles. The molecule has 0 N–H and O–H groups in total. The molecule has 1 saturated carbocycles. The van der Waals surface area contributed by atoms with Crippen LogP contribution in [-0.2, 0) is 0 Å². The molecule has 14 heavy (non-hydrogen) atoms. The number of fused-ring (bicyclic) bond motifs is 2. The molecule has 0 amide bonds. The van der Waals surface area contributed by atoms with Crippen LogP contribution in [0.5, 0.6) is 0 Å². The number of hydrogen-bond acceptors (Lipinski definition) is 0. The van der Waals surface area contributed by atoms with E-state index in [0.29, 0.717) is 11.8 Å². The maximum absolute atomic E-state index is 4.20. The molecule has 2 rings (SSSR count).